The van der Waals surface area contributed by atoms with E-state index in [0.29, 0.717) is 17.9 Å². The molecule has 3 fully saturated rings. The van der Waals surface area contributed by atoms with Gasteiger partial charge in [-0.3, -0.25) is 4.79 Å². The molecule has 0 N–H and O–H groups in total. The van der Waals surface area contributed by atoms with Crippen LogP contribution in [-0.2, 0) is 14.3 Å². The van der Waals surface area contributed by atoms with E-state index in [1.165, 1.54) is 25.7 Å². The number of carbonyl (C=O) groups excluding carboxylic acids is 1. The summed E-state index contributed by atoms with van der Waals surface area (Å²) < 4.78 is 11.7. The van der Waals surface area contributed by atoms with Crippen molar-refractivity contribution in [1.29, 1.82) is 0 Å². The van der Waals surface area contributed by atoms with Crippen LogP contribution < -0.4 is 0 Å². The summed E-state index contributed by atoms with van der Waals surface area (Å²) in [5.74, 6) is 2.32. The first-order valence-electron chi connectivity index (χ1n) is 9.99. The van der Waals surface area contributed by atoms with Crippen LogP contribution in [0.2, 0.25) is 0 Å². The van der Waals surface area contributed by atoms with E-state index in [4.69, 9.17) is 9.47 Å². The molecule has 1 saturated heterocycles. The standard InChI is InChI=1S/C20H34O3/c1-3-22-17-10-8-16(9-11-17)19-13-12-18(20(21)23-19)15-6-4-14(2)5-7-15/h14-19H,3-13H2,1-2H3. The number of hydrogen-bond acceptors (Lipinski definition) is 3. The first-order valence-corrected chi connectivity index (χ1v) is 9.99. The molecular formula is C20H34O3. The first kappa shape index (κ1) is 17.3. The van der Waals surface area contributed by atoms with E-state index in [2.05, 4.69) is 13.8 Å². The quantitative estimate of drug-likeness (QED) is 0.702. The average molecular weight is 322 g/mol. The molecular weight excluding hydrogens is 288 g/mol. The van der Waals surface area contributed by atoms with Gasteiger partial charge < -0.3 is 9.47 Å². The molecule has 2 atom stereocenters. The van der Waals surface area contributed by atoms with Crippen molar-refractivity contribution in [2.75, 3.05) is 6.61 Å². The number of hydrogen-bond donors (Lipinski definition) is 0. The Labute approximate surface area is 141 Å². The number of rotatable bonds is 4. The van der Waals surface area contributed by atoms with Crippen molar-refractivity contribution in [3.63, 3.8) is 0 Å². The molecule has 3 heteroatoms. The third-order valence-corrected chi connectivity index (χ3v) is 6.61. The van der Waals surface area contributed by atoms with Crippen molar-refractivity contribution in [3.05, 3.63) is 0 Å². The molecule has 0 aromatic carbocycles. The lowest BCUT2D eigenvalue weighted by molar-refractivity contribution is -0.169. The van der Waals surface area contributed by atoms with Gasteiger partial charge in [0.25, 0.3) is 0 Å². The lowest BCUT2D eigenvalue weighted by atomic mass is 9.72. The van der Waals surface area contributed by atoms with Crippen LogP contribution in [0, 0.1) is 23.7 Å². The normalized spacial score (nSPS) is 42.3. The van der Waals surface area contributed by atoms with Gasteiger partial charge in [0.15, 0.2) is 0 Å². The first-order chi connectivity index (χ1) is 11.2. The Morgan fingerprint density at radius 2 is 1.57 bits per heavy atom. The lowest BCUT2D eigenvalue weighted by Crippen LogP contribution is -2.41. The van der Waals surface area contributed by atoms with E-state index in [9.17, 15) is 4.79 Å². The molecule has 0 spiro atoms. The molecule has 0 aromatic heterocycles. The summed E-state index contributed by atoms with van der Waals surface area (Å²) in [5, 5.41) is 0. The highest BCUT2D eigenvalue weighted by atomic mass is 16.5. The monoisotopic (exact) mass is 322 g/mol. The van der Waals surface area contributed by atoms with Crippen molar-refractivity contribution in [2.45, 2.75) is 90.3 Å². The maximum atomic E-state index is 12.5. The van der Waals surface area contributed by atoms with Gasteiger partial charge in [0, 0.05) is 6.61 Å². The summed E-state index contributed by atoms with van der Waals surface area (Å²) in [6.07, 6.45) is 12.4. The van der Waals surface area contributed by atoms with Gasteiger partial charge in [-0.1, -0.05) is 19.8 Å². The van der Waals surface area contributed by atoms with E-state index in [1.54, 1.807) is 0 Å². The van der Waals surface area contributed by atoms with Gasteiger partial charge in [-0.15, -0.1) is 0 Å². The molecule has 2 unspecified atom stereocenters. The largest absolute Gasteiger partial charge is 0.462 e. The molecule has 2 aliphatic carbocycles. The van der Waals surface area contributed by atoms with Crippen molar-refractivity contribution in [2.24, 2.45) is 23.7 Å². The number of ether oxygens (including phenoxy) is 2. The minimum absolute atomic E-state index is 0.118. The smallest absolute Gasteiger partial charge is 0.309 e. The van der Waals surface area contributed by atoms with E-state index >= 15 is 0 Å². The van der Waals surface area contributed by atoms with Gasteiger partial charge in [0.2, 0.25) is 0 Å². The summed E-state index contributed by atoms with van der Waals surface area (Å²) in [6.45, 7) is 5.22. The van der Waals surface area contributed by atoms with Gasteiger partial charge in [0.1, 0.15) is 6.10 Å². The van der Waals surface area contributed by atoms with E-state index in [-0.39, 0.29) is 18.0 Å². The Balaban J connectivity index is 1.46. The molecule has 0 aromatic rings. The number of esters is 1. The minimum atomic E-state index is 0.118. The predicted molar refractivity (Wildman–Crippen MR) is 91.1 cm³/mol. The van der Waals surface area contributed by atoms with Crippen LogP contribution >= 0.6 is 0 Å². The molecule has 1 aliphatic heterocycles. The topological polar surface area (TPSA) is 35.5 Å². The van der Waals surface area contributed by atoms with Crippen LogP contribution in [0.3, 0.4) is 0 Å². The third-order valence-electron chi connectivity index (χ3n) is 6.61. The fourth-order valence-corrected chi connectivity index (χ4v) is 5.07. The summed E-state index contributed by atoms with van der Waals surface area (Å²) >= 11 is 0. The van der Waals surface area contributed by atoms with E-state index < -0.39 is 0 Å². The zero-order valence-electron chi connectivity index (χ0n) is 15.0. The van der Waals surface area contributed by atoms with Gasteiger partial charge in [0.05, 0.1) is 12.0 Å². The lowest BCUT2D eigenvalue weighted by Gasteiger charge is -2.40. The van der Waals surface area contributed by atoms with Crippen LogP contribution in [0.5, 0.6) is 0 Å². The summed E-state index contributed by atoms with van der Waals surface area (Å²) in [5.41, 5.74) is 0. The van der Waals surface area contributed by atoms with Crippen LogP contribution in [0.25, 0.3) is 0 Å². The Hall–Kier alpha value is -0.570. The Morgan fingerprint density at radius 1 is 0.913 bits per heavy atom. The minimum Gasteiger partial charge on any atom is -0.462 e. The van der Waals surface area contributed by atoms with Crippen molar-refractivity contribution in [1.82, 2.24) is 0 Å². The highest BCUT2D eigenvalue weighted by molar-refractivity contribution is 5.73. The van der Waals surface area contributed by atoms with Crippen LogP contribution in [0.1, 0.15) is 78.1 Å². The summed E-state index contributed by atoms with van der Waals surface area (Å²) in [6, 6.07) is 0. The van der Waals surface area contributed by atoms with Gasteiger partial charge in [-0.05, 0) is 76.0 Å². The van der Waals surface area contributed by atoms with Crippen LogP contribution in [-0.4, -0.2) is 24.8 Å². The molecule has 3 nitrogen and oxygen atoms in total. The van der Waals surface area contributed by atoms with Crippen LogP contribution in [0.4, 0.5) is 0 Å². The molecule has 3 rings (SSSR count). The summed E-state index contributed by atoms with van der Waals surface area (Å²) in [4.78, 5) is 12.5. The molecule has 1 heterocycles. The highest BCUT2D eigenvalue weighted by Crippen LogP contribution is 2.41. The van der Waals surface area contributed by atoms with Crippen molar-refractivity contribution in [3.8, 4) is 0 Å². The maximum Gasteiger partial charge on any atom is 0.309 e. The van der Waals surface area contributed by atoms with Gasteiger partial charge in [-0.2, -0.15) is 0 Å². The number of carbonyl (C=O) groups is 1. The number of cyclic esters (lactones) is 1. The second-order valence-corrected chi connectivity index (χ2v) is 8.17. The summed E-state index contributed by atoms with van der Waals surface area (Å²) in [7, 11) is 0. The van der Waals surface area contributed by atoms with Crippen LogP contribution in [0.15, 0.2) is 0 Å². The highest BCUT2D eigenvalue weighted by Gasteiger charge is 2.40. The molecule has 2 saturated carbocycles. The van der Waals surface area contributed by atoms with Gasteiger partial charge >= 0.3 is 5.97 Å². The Kier molecular flexibility index (Phi) is 6.01. The molecule has 132 valence electrons. The molecule has 0 amide bonds. The fourth-order valence-electron chi connectivity index (χ4n) is 5.07. The molecule has 23 heavy (non-hydrogen) atoms. The SMILES string of the molecule is CCOC1CCC(C2CCC(C3CCC(C)CC3)C(=O)O2)CC1. The zero-order chi connectivity index (χ0) is 16.2. The third kappa shape index (κ3) is 4.29. The molecule has 0 bridgehead atoms. The van der Waals surface area contributed by atoms with Crippen molar-refractivity contribution < 1.29 is 14.3 Å². The molecule has 0 radical (unpaired) electrons. The second kappa shape index (κ2) is 8.00. The van der Waals surface area contributed by atoms with E-state index in [0.717, 1.165) is 51.0 Å². The Morgan fingerprint density at radius 3 is 2.17 bits per heavy atom. The fraction of sp³-hybridized carbons (Fsp3) is 0.950. The van der Waals surface area contributed by atoms with Crippen molar-refractivity contribution >= 4 is 5.97 Å². The van der Waals surface area contributed by atoms with Gasteiger partial charge in [-0.25, -0.2) is 0 Å². The average Bonchev–Trinajstić information content (AvgIpc) is 2.57. The zero-order valence-corrected chi connectivity index (χ0v) is 15.0. The maximum absolute atomic E-state index is 12.5. The molecule has 3 aliphatic rings. The van der Waals surface area contributed by atoms with E-state index in [1.807, 2.05) is 0 Å². The Bertz CT molecular complexity index is 378. The second-order valence-electron chi connectivity index (χ2n) is 8.17. The predicted octanol–water partition coefficient (Wildman–Crippen LogP) is 4.73.